The normalized spacial score (nSPS) is 11.6. The van der Waals surface area contributed by atoms with E-state index in [0.717, 1.165) is 24.2 Å². The minimum absolute atomic E-state index is 0. The van der Waals surface area contributed by atoms with Crippen LogP contribution >= 0.6 is 12.4 Å². The van der Waals surface area contributed by atoms with E-state index in [1.807, 2.05) is 85.9 Å². The second-order valence-corrected chi connectivity index (χ2v) is 8.02. The first-order valence-corrected chi connectivity index (χ1v) is 10.9. The minimum Gasteiger partial charge on any atom is -0.480 e. The zero-order valence-electron chi connectivity index (χ0n) is 18.8. The van der Waals surface area contributed by atoms with Crippen LogP contribution in [0.3, 0.4) is 0 Å². The Labute approximate surface area is 201 Å². The lowest BCUT2D eigenvalue weighted by molar-refractivity contribution is -0.142. The summed E-state index contributed by atoms with van der Waals surface area (Å²) in [5, 5.41) is 12.5. The van der Waals surface area contributed by atoms with Crippen LogP contribution < -0.4 is 5.32 Å². The van der Waals surface area contributed by atoms with Gasteiger partial charge in [-0.05, 0) is 43.1 Å². The number of carboxylic acids is 1. The molecule has 0 bridgehead atoms. The molecule has 3 aromatic carbocycles. The van der Waals surface area contributed by atoms with Gasteiger partial charge in [-0.1, -0.05) is 91.0 Å². The van der Waals surface area contributed by atoms with Gasteiger partial charge < -0.3 is 15.3 Å². The van der Waals surface area contributed by atoms with E-state index in [-0.39, 0.29) is 18.3 Å². The zero-order valence-corrected chi connectivity index (χ0v) is 19.6. The Balaban J connectivity index is 0.00000385. The number of carbonyl (C=O) groups excluding carboxylic acids is 1. The highest BCUT2D eigenvalue weighted by atomic mass is 35.5. The third-order valence-corrected chi connectivity index (χ3v) is 5.47. The quantitative estimate of drug-likeness (QED) is 0.429. The fourth-order valence-corrected chi connectivity index (χ4v) is 3.84. The van der Waals surface area contributed by atoms with E-state index in [9.17, 15) is 14.7 Å². The number of hydrogen-bond acceptors (Lipinski definition) is 3. The van der Waals surface area contributed by atoms with E-state index in [1.165, 1.54) is 5.56 Å². The summed E-state index contributed by atoms with van der Waals surface area (Å²) >= 11 is 0. The lowest BCUT2D eigenvalue weighted by Gasteiger charge is -2.22. The van der Waals surface area contributed by atoms with E-state index in [1.54, 1.807) is 0 Å². The number of rotatable bonds is 11. The Morgan fingerprint density at radius 2 is 1.33 bits per heavy atom. The van der Waals surface area contributed by atoms with Gasteiger partial charge >= 0.3 is 5.97 Å². The number of benzene rings is 3. The molecule has 1 atom stereocenters. The first-order chi connectivity index (χ1) is 15.5. The smallest absolute Gasteiger partial charge is 0.326 e. The number of hydrogen-bond donors (Lipinski definition) is 2. The van der Waals surface area contributed by atoms with Crippen molar-refractivity contribution in [3.05, 3.63) is 108 Å². The van der Waals surface area contributed by atoms with Crippen molar-refractivity contribution in [1.29, 1.82) is 0 Å². The fraction of sp³-hybridized carbons (Fsp3) is 0.259. The van der Waals surface area contributed by atoms with Crippen molar-refractivity contribution in [3.8, 4) is 0 Å². The summed E-state index contributed by atoms with van der Waals surface area (Å²) < 4.78 is 0. The van der Waals surface area contributed by atoms with Crippen LogP contribution in [0.1, 0.15) is 35.4 Å². The first kappa shape index (κ1) is 26.1. The Morgan fingerprint density at radius 3 is 1.82 bits per heavy atom. The van der Waals surface area contributed by atoms with E-state index < -0.39 is 17.9 Å². The summed E-state index contributed by atoms with van der Waals surface area (Å²) in [6, 6.07) is 28.1. The largest absolute Gasteiger partial charge is 0.480 e. The third kappa shape index (κ3) is 8.04. The molecule has 0 fully saturated rings. The molecule has 0 aliphatic heterocycles. The molecule has 0 saturated carbocycles. The third-order valence-electron chi connectivity index (χ3n) is 5.47. The van der Waals surface area contributed by atoms with Gasteiger partial charge in [0.2, 0.25) is 5.91 Å². The molecule has 6 heteroatoms. The van der Waals surface area contributed by atoms with E-state index in [0.29, 0.717) is 12.8 Å². The highest BCUT2D eigenvalue weighted by Gasteiger charge is 2.27. The van der Waals surface area contributed by atoms with Crippen molar-refractivity contribution >= 4 is 24.3 Å². The zero-order chi connectivity index (χ0) is 22.8. The van der Waals surface area contributed by atoms with Crippen molar-refractivity contribution in [1.82, 2.24) is 10.2 Å². The van der Waals surface area contributed by atoms with Crippen molar-refractivity contribution in [3.63, 3.8) is 0 Å². The number of aliphatic carboxylic acids is 1. The lowest BCUT2D eigenvalue weighted by Crippen LogP contribution is -2.43. The Morgan fingerprint density at radius 1 is 0.848 bits per heavy atom. The van der Waals surface area contributed by atoms with Crippen LogP contribution in [0.25, 0.3) is 0 Å². The number of amides is 1. The summed E-state index contributed by atoms with van der Waals surface area (Å²) in [5.74, 6) is -1.86. The number of nitrogens with one attached hydrogen (secondary N) is 1. The number of carbonyl (C=O) groups is 2. The average Bonchev–Trinajstić information content (AvgIpc) is 2.80. The van der Waals surface area contributed by atoms with Gasteiger partial charge in [0.05, 0.1) is 5.92 Å². The summed E-state index contributed by atoms with van der Waals surface area (Å²) in [6.07, 6.45) is 1.04. The van der Waals surface area contributed by atoms with E-state index in [4.69, 9.17) is 0 Å². The summed E-state index contributed by atoms with van der Waals surface area (Å²) in [7, 11) is 2.02. The summed E-state index contributed by atoms with van der Waals surface area (Å²) in [6.45, 7) is 1.55. The highest BCUT2D eigenvalue weighted by molar-refractivity contribution is 5.90. The first-order valence-electron chi connectivity index (χ1n) is 10.9. The van der Waals surface area contributed by atoms with Gasteiger partial charge in [0.1, 0.15) is 6.04 Å². The standard InChI is InChI=1S/C27H30N2O3.ClH/c1-29(20-21-12-5-2-6-13-21)19-11-18-24(27(31)32)28-26(30)25(22-14-7-3-8-15-22)23-16-9-4-10-17-23;/h2-10,12-17,24-25H,11,18-20H2,1H3,(H,28,30)(H,31,32);1H/t24-;/m1./s1. The second kappa shape index (κ2) is 13.4. The van der Waals surface area contributed by atoms with Crippen molar-refractivity contribution in [2.45, 2.75) is 31.3 Å². The maximum Gasteiger partial charge on any atom is 0.326 e. The molecular weight excluding hydrogens is 436 g/mol. The average molecular weight is 467 g/mol. The molecule has 0 radical (unpaired) electrons. The SMILES string of the molecule is CN(CCC[C@@H](NC(=O)C(c1ccccc1)c1ccccc1)C(=O)O)Cc1ccccc1.Cl. The van der Waals surface area contributed by atoms with Gasteiger partial charge in [-0.3, -0.25) is 4.79 Å². The molecule has 0 aromatic heterocycles. The number of nitrogens with zero attached hydrogens (tertiary/aromatic N) is 1. The maximum atomic E-state index is 13.2. The molecule has 0 unspecified atom stereocenters. The monoisotopic (exact) mass is 466 g/mol. The van der Waals surface area contributed by atoms with E-state index in [2.05, 4.69) is 22.3 Å². The van der Waals surface area contributed by atoms with Gasteiger partial charge in [-0.15, -0.1) is 12.4 Å². The molecular formula is C27H31ClN2O3. The molecule has 174 valence electrons. The Kier molecular flexibility index (Phi) is 10.6. The van der Waals surface area contributed by atoms with Crippen LogP contribution in [0.5, 0.6) is 0 Å². The van der Waals surface area contributed by atoms with Gasteiger partial charge in [-0.2, -0.15) is 0 Å². The van der Waals surface area contributed by atoms with Crippen LogP contribution in [-0.4, -0.2) is 41.5 Å². The minimum atomic E-state index is -1.01. The van der Waals surface area contributed by atoms with Crippen LogP contribution in [0.15, 0.2) is 91.0 Å². The van der Waals surface area contributed by atoms with Crippen molar-refractivity contribution in [2.24, 2.45) is 0 Å². The molecule has 33 heavy (non-hydrogen) atoms. The second-order valence-electron chi connectivity index (χ2n) is 8.02. The summed E-state index contributed by atoms with van der Waals surface area (Å²) in [5.41, 5.74) is 2.89. The van der Waals surface area contributed by atoms with Crippen LogP contribution in [0.2, 0.25) is 0 Å². The van der Waals surface area contributed by atoms with Gasteiger partial charge in [-0.25, -0.2) is 4.79 Å². The number of halogens is 1. The fourth-order valence-electron chi connectivity index (χ4n) is 3.84. The molecule has 1 amide bonds. The Bertz CT molecular complexity index is 945. The van der Waals surface area contributed by atoms with Gasteiger partial charge in [0, 0.05) is 6.54 Å². The topological polar surface area (TPSA) is 69.6 Å². The van der Waals surface area contributed by atoms with Gasteiger partial charge in [0.25, 0.3) is 0 Å². The van der Waals surface area contributed by atoms with Crippen LogP contribution in [0.4, 0.5) is 0 Å². The highest BCUT2D eigenvalue weighted by Crippen LogP contribution is 2.25. The van der Waals surface area contributed by atoms with Crippen LogP contribution in [-0.2, 0) is 16.1 Å². The predicted molar refractivity (Wildman–Crippen MR) is 134 cm³/mol. The Hall–Kier alpha value is -3.15. The molecule has 0 heterocycles. The molecule has 3 aromatic rings. The molecule has 0 saturated heterocycles. The summed E-state index contributed by atoms with van der Waals surface area (Å²) in [4.78, 5) is 27.2. The molecule has 5 nitrogen and oxygen atoms in total. The molecule has 2 N–H and O–H groups in total. The van der Waals surface area contributed by atoms with Crippen LogP contribution in [0, 0.1) is 0 Å². The lowest BCUT2D eigenvalue weighted by atomic mass is 9.90. The number of carboxylic acid groups (broad SMARTS) is 1. The predicted octanol–water partition coefficient (Wildman–Crippen LogP) is 4.72. The van der Waals surface area contributed by atoms with Gasteiger partial charge in [0.15, 0.2) is 0 Å². The maximum absolute atomic E-state index is 13.2. The van der Waals surface area contributed by atoms with E-state index >= 15 is 0 Å². The molecule has 0 aliphatic rings. The molecule has 3 rings (SSSR count). The molecule has 0 aliphatic carbocycles. The van der Waals surface area contributed by atoms with Crippen molar-refractivity contribution < 1.29 is 14.7 Å². The molecule has 0 spiro atoms. The van der Waals surface area contributed by atoms with Crippen molar-refractivity contribution in [2.75, 3.05) is 13.6 Å².